The summed E-state index contributed by atoms with van der Waals surface area (Å²) in [7, 11) is 0. The summed E-state index contributed by atoms with van der Waals surface area (Å²) in [5.74, 6) is -5.57. The lowest BCUT2D eigenvalue weighted by molar-refractivity contribution is -0.258. The molecule has 0 aliphatic rings. The van der Waals surface area contributed by atoms with Gasteiger partial charge in [0, 0.05) is 0 Å². The van der Waals surface area contributed by atoms with Gasteiger partial charge in [-0.1, -0.05) is 22.9 Å². The standard InChI is InChI=1S/C8H7BrF6N2O/c1-2-3(9)5-16-17-6(18-5)4(7(10,11)12)8(13,14)15/h3-4H,2H2,1H3. The summed E-state index contributed by atoms with van der Waals surface area (Å²) in [5, 5.41) is 6.00. The number of hydrogen-bond acceptors (Lipinski definition) is 3. The first-order valence-electron chi connectivity index (χ1n) is 4.68. The van der Waals surface area contributed by atoms with Crippen molar-refractivity contribution in [3.63, 3.8) is 0 Å². The average Bonchev–Trinajstić information content (AvgIpc) is 2.60. The van der Waals surface area contributed by atoms with Gasteiger partial charge in [0.2, 0.25) is 17.7 Å². The predicted octanol–water partition coefficient (Wildman–Crippen LogP) is 4.12. The van der Waals surface area contributed by atoms with Gasteiger partial charge in [-0.15, -0.1) is 10.2 Å². The molecule has 0 spiro atoms. The van der Waals surface area contributed by atoms with Crippen molar-refractivity contribution >= 4 is 15.9 Å². The molecular weight excluding hydrogens is 334 g/mol. The van der Waals surface area contributed by atoms with Crippen LogP contribution in [0.4, 0.5) is 26.3 Å². The summed E-state index contributed by atoms with van der Waals surface area (Å²) in [4.78, 5) is -0.583. The molecular formula is C8H7BrF6N2O. The van der Waals surface area contributed by atoms with E-state index in [-0.39, 0.29) is 5.89 Å². The van der Waals surface area contributed by atoms with Crippen LogP contribution in [0.15, 0.2) is 4.42 Å². The molecule has 18 heavy (non-hydrogen) atoms. The normalized spacial score (nSPS) is 15.2. The second kappa shape index (κ2) is 5.06. The Bertz CT molecular complexity index is 387. The van der Waals surface area contributed by atoms with E-state index in [1.165, 1.54) is 0 Å². The van der Waals surface area contributed by atoms with Crippen LogP contribution in [0.25, 0.3) is 0 Å². The molecule has 0 fully saturated rings. The van der Waals surface area contributed by atoms with Gasteiger partial charge in [-0.3, -0.25) is 0 Å². The molecule has 1 heterocycles. The summed E-state index contributed by atoms with van der Waals surface area (Å²) in [5.41, 5.74) is 0. The van der Waals surface area contributed by atoms with Gasteiger partial charge in [-0.2, -0.15) is 26.3 Å². The Morgan fingerprint density at radius 3 is 1.89 bits per heavy atom. The number of rotatable bonds is 3. The van der Waals surface area contributed by atoms with Gasteiger partial charge in [-0.25, -0.2) is 0 Å². The third kappa shape index (κ3) is 3.36. The molecule has 0 N–H and O–H groups in total. The van der Waals surface area contributed by atoms with Crippen LogP contribution in [-0.4, -0.2) is 22.5 Å². The Hall–Kier alpha value is -0.800. The van der Waals surface area contributed by atoms with Gasteiger partial charge in [-0.05, 0) is 6.42 Å². The lowest BCUT2D eigenvalue weighted by Crippen LogP contribution is -2.34. The van der Waals surface area contributed by atoms with E-state index in [0.717, 1.165) is 0 Å². The van der Waals surface area contributed by atoms with E-state index in [9.17, 15) is 26.3 Å². The maximum absolute atomic E-state index is 12.3. The zero-order valence-electron chi connectivity index (χ0n) is 8.81. The zero-order valence-corrected chi connectivity index (χ0v) is 10.4. The van der Waals surface area contributed by atoms with E-state index >= 15 is 0 Å². The molecule has 0 saturated heterocycles. The summed E-state index contributed by atoms with van der Waals surface area (Å²) < 4.78 is 78.4. The Balaban J connectivity index is 3.12. The Kier molecular flexibility index (Phi) is 4.29. The zero-order chi connectivity index (χ0) is 14.1. The first kappa shape index (κ1) is 15.3. The Morgan fingerprint density at radius 1 is 1.06 bits per heavy atom. The maximum Gasteiger partial charge on any atom is 0.409 e. The summed E-state index contributed by atoms with van der Waals surface area (Å²) in [6.07, 6.45) is -10.7. The molecule has 0 aliphatic carbocycles. The topological polar surface area (TPSA) is 38.9 Å². The second-order valence-electron chi connectivity index (χ2n) is 3.37. The van der Waals surface area contributed by atoms with Crippen molar-refractivity contribution in [2.45, 2.75) is 36.4 Å². The second-order valence-corrected chi connectivity index (χ2v) is 4.48. The van der Waals surface area contributed by atoms with Gasteiger partial charge in [0.15, 0.2) is 0 Å². The molecule has 1 rings (SSSR count). The number of aromatic nitrogens is 2. The van der Waals surface area contributed by atoms with Crippen LogP contribution in [0.1, 0.15) is 35.9 Å². The van der Waals surface area contributed by atoms with E-state index < -0.39 is 29.0 Å². The minimum absolute atomic E-state index is 0.314. The van der Waals surface area contributed by atoms with Gasteiger partial charge in [0.25, 0.3) is 0 Å². The Morgan fingerprint density at radius 2 is 1.50 bits per heavy atom. The summed E-state index contributed by atoms with van der Waals surface area (Å²) in [6.45, 7) is 1.65. The van der Waals surface area contributed by atoms with E-state index in [4.69, 9.17) is 0 Å². The number of halogens is 7. The number of hydrogen-bond donors (Lipinski definition) is 0. The molecule has 0 amide bonds. The monoisotopic (exact) mass is 340 g/mol. The molecule has 1 aromatic rings. The molecule has 1 aromatic heterocycles. The van der Waals surface area contributed by atoms with Crippen LogP contribution < -0.4 is 0 Å². The fourth-order valence-corrected chi connectivity index (χ4v) is 1.32. The lowest BCUT2D eigenvalue weighted by atomic mass is 10.1. The van der Waals surface area contributed by atoms with Crippen LogP contribution in [0.2, 0.25) is 0 Å². The highest BCUT2D eigenvalue weighted by Gasteiger charge is 2.60. The van der Waals surface area contributed by atoms with Crippen molar-refractivity contribution in [3.8, 4) is 0 Å². The van der Waals surface area contributed by atoms with Crippen molar-refractivity contribution in [3.05, 3.63) is 11.8 Å². The predicted molar refractivity (Wildman–Crippen MR) is 51.1 cm³/mol. The van der Waals surface area contributed by atoms with Crippen LogP contribution in [-0.2, 0) is 0 Å². The molecule has 0 aromatic carbocycles. The van der Waals surface area contributed by atoms with Crippen LogP contribution in [0.3, 0.4) is 0 Å². The fourth-order valence-electron chi connectivity index (χ4n) is 1.13. The third-order valence-corrected chi connectivity index (χ3v) is 3.02. The average molecular weight is 341 g/mol. The molecule has 0 bridgehead atoms. The SMILES string of the molecule is CCC(Br)c1nnc(C(C(F)(F)F)C(F)(F)F)o1. The van der Waals surface area contributed by atoms with Crippen molar-refractivity contribution in [2.75, 3.05) is 0 Å². The highest BCUT2D eigenvalue weighted by molar-refractivity contribution is 9.09. The van der Waals surface area contributed by atoms with Crippen molar-refractivity contribution < 1.29 is 30.8 Å². The quantitative estimate of drug-likeness (QED) is 0.613. The molecule has 0 aliphatic heterocycles. The highest BCUT2D eigenvalue weighted by Crippen LogP contribution is 2.46. The fraction of sp³-hybridized carbons (Fsp3) is 0.750. The molecule has 3 nitrogen and oxygen atoms in total. The van der Waals surface area contributed by atoms with Crippen molar-refractivity contribution in [1.29, 1.82) is 0 Å². The van der Waals surface area contributed by atoms with Gasteiger partial charge < -0.3 is 4.42 Å². The molecule has 0 saturated carbocycles. The molecule has 1 unspecified atom stereocenters. The lowest BCUT2D eigenvalue weighted by Gasteiger charge is -2.19. The smallest absolute Gasteiger partial charge is 0.409 e. The minimum atomic E-state index is -5.53. The minimum Gasteiger partial charge on any atom is -0.423 e. The summed E-state index contributed by atoms with van der Waals surface area (Å²) >= 11 is 2.99. The van der Waals surface area contributed by atoms with E-state index in [1.807, 2.05) is 0 Å². The van der Waals surface area contributed by atoms with Crippen LogP contribution in [0, 0.1) is 0 Å². The van der Waals surface area contributed by atoms with Crippen molar-refractivity contribution in [2.24, 2.45) is 0 Å². The summed E-state index contributed by atoms with van der Waals surface area (Å²) in [6, 6.07) is 0. The maximum atomic E-state index is 12.3. The van der Waals surface area contributed by atoms with E-state index in [0.29, 0.717) is 6.42 Å². The number of alkyl halides is 7. The highest BCUT2D eigenvalue weighted by atomic mass is 79.9. The first-order valence-corrected chi connectivity index (χ1v) is 5.59. The molecule has 10 heteroatoms. The van der Waals surface area contributed by atoms with E-state index in [2.05, 4.69) is 30.5 Å². The van der Waals surface area contributed by atoms with Gasteiger partial charge >= 0.3 is 12.4 Å². The van der Waals surface area contributed by atoms with Crippen LogP contribution >= 0.6 is 15.9 Å². The van der Waals surface area contributed by atoms with E-state index in [1.54, 1.807) is 6.92 Å². The van der Waals surface area contributed by atoms with Gasteiger partial charge in [0.1, 0.15) is 0 Å². The largest absolute Gasteiger partial charge is 0.423 e. The molecule has 1 atom stereocenters. The molecule has 104 valence electrons. The molecule has 0 radical (unpaired) electrons. The third-order valence-electron chi connectivity index (χ3n) is 1.98. The Labute approximate surface area is 106 Å². The first-order chi connectivity index (χ1) is 8.07. The van der Waals surface area contributed by atoms with Crippen LogP contribution in [0.5, 0.6) is 0 Å². The number of nitrogens with zero attached hydrogens (tertiary/aromatic N) is 2. The van der Waals surface area contributed by atoms with Crippen molar-refractivity contribution in [1.82, 2.24) is 10.2 Å². The van der Waals surface area contributed by atoms with Gasteiger partial charge in [0.05, 0.1) is 4.83 Å².